The molecule has 0 saturated carbocycles. The number of thioether (sulfide) groups is 1. The summed E-state index contributed by atoms with van der Waals surface area (Å²) in [6.07, 6.45) is 7.52. The molecule has 0 bridgehead atoms. The van der Waals surface area contributed by atoms with E-state index in [1.54, 1.807) is 36.4 Å². The maximum Gasteiger partial charge on any atom is 0.230 e. The molecule has 1 aromatic heterocycles. The van der Waals surface area contributed by atoms with Gasteiger partial charge in [-0.3, -0.25) is 15.0 Å². The minimum absolute atomic E-state index is 0.0775. The highest BCUT2D eigenvalue weighted by molar-refractivity contribution is 8.17. The Bertz CT molecular complexity index is 1410. The number of aryl methyl sites for hydroxylation is 1. The van der Waals surface area contributed by atoms with Crippen LogP contribution in [0.2, 0.25) is 0 Å². The van der Waals surface area contributed by atoms with Gasteiger partial charge in [0.2, 0.25) is 16.9 Å². The van der Waals surface area contributed by atoms with E-state index >= 15 is 0 Å². The van der Waals surface area contributed by atoms with Gasteiger partial charge in [-0.15, -0.1) is 10.2 Å². The number of allylic oxidation sites excluding steroid dienone is 2. The second-order valence-corrected chi connectivity index (χ2v) is 12.2. The predicted molar refractivity (Wildman–Crippen MR) is 178 cm³/mol. The van der Waals surface area contributed by atoms with Gasteiger partial charge in [0.25, 0.3) is 0 Å². The minimum Gasteiger partial charge on any atom is -0.491 e. The summed E-state index contributed by atoms with van der Waals surface area (Å²) in [6, 6.07) is 14.3. The van der Waals surface area contributed by atoms with Gasteiger partial charge in [-0.2, -0.15) is 0 Å². The summed E-state index contributed by atoms with van der Waals surface area (Å²) in [4.78, 5) is 26.1. The number of nitrogens with one attached hydrogen (secondary N) is 3. The van der Waals surface area contributed by atoms with Gasteiger partial charge in [0.05, 0.1) is 26.1 Å². The Hall–Kier alpha value is -3.78. The molecule has 2 amide bonds. The van der Waals surface area contributed by atoms with Gasteiger partial charge < -0.3 is 30.3 Å². The number of carbonyl (C=O) groups is 2. The Labute approximate surface area is 272 Å². The van der Waals surface area contributed by atoms with Crippen molar-refractivity contribution in [1.82, 2.24) is 15.5 Å². The van der Waals surface area contributed by atoms with Gasteiger partial charge in [-0.1, -0.05) is 66.8 Å². The first-order valence-electron chi connectivity index (χ1n) is 14.9. The normalized spacial score (nSPS) is 11.2. The summed E-state index contributed by atoms with van der Waals surface area (Å²) in [5.74, 6) is 0.710. The van der Waals surface area contributed by atoms with Crippen LogP contribution in [0.1, 0.15) is 55.2 Å². The van der Waals surface area contributed by atoms with E-state index in [1.165, 1.54) is 23.1 Å². The number of benzene rings is 2. The quantitative estimate of drug-likeness (QED) is 0.0687. The molecule has 13 heteroatoms. The molecule has 0 unspecified atom stereocenters. The topological polar surface area (TPSA) is 167 Å². The van der Waals surface area contributed by atoms with Gasteiger partial charge >= 0.3 is 0 Å². The Morgan fingerprint density at radius 3 is 2.22 bits per heavy atom. The average Bonchev–Trinajstić information content (AvgIpc) is 3.46. The molecule has 0 spiro atoms. The first kappa shape index (κ1) is 35.7. The zero-order valence-corrected chi connectivity index (χ0v) is 27.1. The maximum absolute atomic E-state index is 12.6. The van der Waals surface area contributed by atoms with Crippen LogP contribution in [-0.4, -0.2) is 63.8 Å². The summed E-state index contributed by atoms with van der Waals surface area (Å²) in [5, 5.41) is 41.4. The van der Waals surface area contributed by atoms with E-state index < -0.39 is 0 Å². The van der Waals surface area contributed by atoms with Crippen molar-refractivity contribution < 1.29 is 29.3 Å². The number of nitrogens with zero attached hydrogens (tertiary/aromatic N) is 2. The Morgan fingerprint density at radius 2 is 1.60 bits per heavy atom. The van der Waals surface area contributed by atoms with Crippen molar-refractivity contribution in [2.75, 3.05) is 31.7 Å². The second kappa shape index (κ2) is 20.3. The number of hydrogen-bond acceptors (Lipinski definition) is 11. The Balaban J connectivity index is 1.40. The van der Waals surface area contributed by atoms with Crippen molar-refractivity contribution in [2.24, 2.45) is 0 Å². The lowest BCUT2D eigenvalue weighted by molar-refractivity contribution is -0.119. The van der Waals surface area contributed by atoms with Crippen molar-refractivity contribution in [1.29, 1.82) is 5.41 Å². The number of unbranched alkanes of at least 4 members (excludes halogenated alkanes) is 2. The fourth-order valence-corrected chi connectivity index (χ4v) is 5.83. The number of aromatic nitrogens is 2. The number of anilines is 1. The summed E-state index contributed by atoms with van der Waals surface area (Å²) in [7, 11) is 0. The lowest BCUT2D eigenvalue weighted by Gasteiger charge is -2.11. The molecule has 1 heterocycles. The highest BCUT2D eigenvalue weighted by Crippen LogP contribution is 2.25. The number of aliphatic hydroxyl groups is 2. The van der Waals surface area contributed by atoms with Crippen LogP contribution in [0.3, 0.4) is 0 Å². The number of hydrogen-bond donors (Lipinski definition) is 5. The number of amidine groups is 1. The second-order valence-electron chi connectivity index (χ2n) is 9.99. The largest absolute Gasteiger partial charge is 0.491 e. The molecule has 5 N–H and O–H groups in total. The molecule has 0 aliphatic heterocycles. The molecular formula is C32H41N5O6S2. The smallest absolute Gasteiger partial charge is 0.230 e. The fraction of sp³-hybridized carbons (Fsp3) is 0.406. The maximum atomic E-state index is 12.6. The molecular weight excluding hydrogens is 615 g/mol. The summed E-state index contributed by atoms with van der Waals surface area (Å²) in [6.45, 7) is 2.32. The van der Waals surface area contributed by atoms with Crippen molar-refractivity contribution in [3.63, 3.8) is 0 Å². The van der Waals surface area contributed by atoms with E-state index in [-0.39, 0.29) is 56.3 Å². The van der Waals surface area contributed by atoms with Gasteiger partial charge in [-0.05, 0) is 66.0 Å². The molecule has 0 radical (unpaired) electrons. The first-order chi connectivity index (χ1) is 21.9. The van der Waals surface area contributed by atoms with Crippen molar-refractivity contribution in [3.05, 3.63) is 75.6 Å². The summed E-state index contributed by atoms with van der Waals surface area (Å²) < 4.78 is 10.8. The average molecular weight is 656 g/mol. The van der Waals surface area contributed by atoms with E-state index in [1.807, 2.05) is 12.1 Å². The summed E-state index contributed by atoms with van der Waals surface area (Å²) in [5.41, 5.74) is 1.55. The third-order valence-corrected chi connectivity index (χ3v) is 8.01. The van der Waals surface area contributed by atoms with Gasteiger partial charge in [0.1, 0.15) is 29.7 Å². The SMILES string of the molecule is CCC/C=C(\CCCCc1nnc(NC(=O)Cc2cccc(OCCO)c2)s1)SC(=N)NC(=O)Cc1cccc(OCCO)c1. The highest BCUT2D eigenvalue weighted by atomic mass is 32.2. The van der Waals surface area contributed by atoms with E-state index in [9.17, 15) is 9.59 Å². The third kappa shape index (κ3) is 14.2. The van der Waals surface area contributed by atoms with E-state index in [2.05, 4.69) is 33.8 Å². The molecule has 0 fully saturated rings. The molecule has 3 aromatic rings. The third-order valence-electron chi connectivity index (χ3n) is 6.17. The van der Waals surface area contributed by atoms with Crippen molar-refractivity contribution in [3.8, 4) is 11.5 Å². The zero-order chi connectivity index (χ0) is 32.3. The van der Waals surface area contributed by atoms with Crippen LogP contribution in [0.5, 0.6) is 11.5 Å². The molecule has 0 saturated heterocycles. The van der Waals surface area contributed by atoms with Crippen LogP contribution in [-0.2, 0) is 28.9 Å². The molecule has 3 rings (SSSR count). The molecule has 0 aliphatic rings. The standard InChI is InChI=1S/C32H41N5O6S2/c1-2-3-12-27(44-31(33)34-28(40)21-23-8-6-10-25(19-23)42-17-15-38)13-4-5-14-30-36-37-32(45-30)35-29(41)22-24-9-7-11-26(20-24)43-18-16-39/h6-12,19-20,38-39H,2-5,13-18,21-22H2,1H3,(H2,33,34,40)(H,35,37,41)/b27-12+. The minimum atomic E-state index is -0.276. The first-order valence-corrected chi connectivity index (χ1v) is 16.5. The van der Waals surface area contributed by atoms with Crippen molar-refractivity contribution >= 4 is 45.2 Å². The summed E-state index contributed by atoms with van der Waals surface area (Å²) >= 11 is 2.62. The number of rotatable bonds is 19. The predicted octanol–water partition coefficient (Wildman–Crippen LogP) is 4.89. The van der Waals surface area contributed by atoms with E-state index in [4.69, 9.17) is 25.1 Å². The highest BCUT2D eigenvalue weighted by Gasteiger charge is 2.12. The molecule has 45 heavy (non-hydrogen) atoms. The molecule has 0 atom stereocenters. The van der Waals surface area contributed by atoms with Gasteiger partial charge in [0, 0.05) is 6.42 Å². The van der Waals surface area contributed by atoms with Gasteiger partial charge in [0.15, 0.2) is 5.17 Å². The van der Waals surface area contributed by atoms with Crippen LogP contribution in [0.25, 0.3) is 0 Å². The zero-order valence-electron chi connectivity index (χ0n) is 25.4. The molecule has 2 aromatic carbocycles. The lowest BCUT2D eigenvalue weighted by Crippen LogP contribution is -2.29. The molecule has 242 valence electrons. The van der Waals surface area contributed by atoms with Crippen LogP contribution < -0.4 is 20.1 Å². The molecule has 11 nitrogen and oxygen atoms in total. The number of carbonyl (C=O) groups excluding carboxylic acids is 2. The number of ether oxygens (including phenoxy) is 2. The van der Waals surface area contributed by atoms with Crippen molar-refractivity contribution in [2.45, 2.75) is 58.3 Å². The monoisotopic (exact) mass is 655 g/mol. The Morgan fingerprint density at radius 1 is 0.956 bits per heavy atom. The molecule has 0 aliphatic carbocycles. The number of aliphatic hydroxyl groups excluding tert-OH is 2. The van der Waals surface area contributed by atoms with Gasteiger partial charge in [-0.25, -0.2) is 0 Å². The van der Waals surface area contributed by atoms with Crippen LogP contribution in [0.15, 0.2) is 59.5 Å². The lowest BCUT2D eigenvalue weighted by atomic mass is 10.1. The van der Waals surface area contributed by atoms with Crippen LogP contribution in [0.4, 0.5) is 5.13 Å². The number of amides is 2. The van der Waals surface area contributed by atoms with Crippen LogP contribution in [0, 0.1) is 5.41 Å². The fourth-order valence-electron chi connectivity index (χ4n) is 4.16. The Kier molecular flexibility index (Phi) is 16.1. The van der Waals surface area contributed by atoms with E-state index in [0.717, 1.165) is 59.6 Å². The van der Waals surface area contributed by atoms with E-state index in [0.29, 0.717) is 16.6 Å². The van der Waals surface area contributed by atoms with Crippen LogP contribution >= 0.6 is 23.1 Å².